The molecule has 3 N–H and O–H groups in total. The van der Waals surface area contributed by atoms with Crippen molar-refractivity contribution < 1.29 is 4.79 Å². The monoisotopic (exact) mass is 338 g/mol. The normalized spacial score (nSPS) is 12.2. The zero-order chi connectivity index (χ0) is 14.0. The van der Waals surface area contributed by atoms with E-state index >= 15 is 0 Å². The zero-order valence-electron chi connectivity index (χ0n) is 10.7. The molecule has 0 aliphatic carbocycles. The Labute approximate surface area is 125 Å². The van der Waals surface area contributed by atoms with Crippen molar-refractivity contribution in [2.45, 2.75) is 19.9 Å². The molecule has 1 unspecified atom stereocenters. The van der Waals surface area contributed by atoms with E-state index in [9.17, 15) is 4.79 Å². The largest absolute Gasteiger partial charge is 0.398 e. The van der Waals surface area contributed by atoms with Gasteiger partial charge in [-0.15, -0.1) is 11.3 Å². The fraction of sp³-hybridized carbons (Fsp3) is 0.214. The summed E-state index contributed by atoms with van der Waals surface area (Å²) in [6, 6.07) is 9.28. The maximum absolute atomic E-state index is 12.1. The van der Waals surface area contributed by atoms with E-state index < -0.39 is 0 Å². The molecular formula is C14H15BrN2OS. The summed E-state index contributed by atoms with van der Waals surface area (Å²) in [4.78, 5) is 14.5. The summed E-state index contributed by atoms with van der Waals surface area (Å²) in [5.41, 5.74) is 6.93. The molecule has 1 amide bonds. The molecule has 0 aliphatic rings. The first-order chi connectivity index (χ1) is 8.97. The Morgan fingerprint density at radius 3 is 2.68 bits per heavy atom. The minimum atomic E-state index is -0.0979. The molecule has 1 aromatic carbocycles. The van der Waals surface area contributed by atoms with Crippen molar-refractivity contribution in [3.63, 3.8) is 0 Å². The Balaban J connectivity index is 2.10. The third-order valence-corrected chi connectivity index (χ3v) is 4.67. The number of aryl methyl sites for hydroxylation is 1. The molecule has 2 rings (SSSR count). The Bertz CT molecular complexity index is 609. The number of nitrogens with one attached hydrogen (secondary N) is 1. The second kappa shape index (κ2) is 5.75. The van der Waals surface area contributed by atoms with Crippen molar-refractivity contribution in [2.75, 3.05) is 5.73 Å². The maximum atomic E-state index is 12.1. The third-order valence-electron chi connectivity index (χ3n) is 2.80. The first-order valence-corrected chi connectivity index (χ1v) is 7.50. The Morgan fingerprint density at radius 2 is 2.11 bits per heavy atom. The van der Waals surface area contributed by atoms with Crippen LogP contribution < -0.4 is 11.1 Å². The molecule has 0 aliphatic heterocycles. The van der Waals surface area contributed by atoms with Gasteiger partial charge in [0.15, 0.2) is 0 Å². The highest BCUT2D eigenvalue weighted by molar-refractivity contribution is 9.10. The number of hydrogen-bond donors (Lipinski definition) is 2. The SMILES string of the molecule is Cc1ccc(C(C)NC(=O)c2ccc(N)c(Br)c2)s1. The van der Waals surface area contributed by atoms with Crippen molar-refractivity contribution in [2.24, 2.45) is 0 Å². The summed E-state index contributed by atoms with van der Waals surface area (Å²) in [6.45, 7) is 4.04. The second-order valence-corrected chi connectivity index (χ2v) is 6.55. The number of halogens is 1. The van der Waals surface area contributed by atoms with E-state index in [1.165, 1.54) is 4.88 Å². The molecule has 19 heavy (non-hydrogen) atoms. The lowest BCUT2D eigenvalue weighted by Gasteiger charge is -2.12. The fourth-order valence-electron chi connectivity index (χ4n) is 1.71. The topological polar surface area (TPSA) is 55.1 Å². The third kappa shape index (κ3) is 3.36. The number of carbonyl (C=O) groups excluding carboxylic acids is 1. The highest BCUT2D eigenvalue weighted by atomic mass is 79.9. The number of anilines is 1. The second-order valence-electron chi connectivity index (χ2n) is 4.38. The van der Waals surface area contributed by atoms with Gasteiger partial charge in [0.2, 0.25) is 0 Å². The molecule has 3 nitrogen and oxygen atoms in total. The maximum Gasteiger partial charge on any atom is 0.251 e. The summed E-state index contributed by atoms with van der Waals surface area (Å²) in [6.07, 6.45) is 0. The van der Waals surface area contributed by atoms with Crippen LogP contribution in [0.15, 0.2) is 34.8 Å². The van der Waals surface area contributed by atoms with Crippen molar-refractivity contribution >= 4 is 38.9 Å². The van der Waals surface area contributed by atoms with E-state index in [1.807, 2.05) is 13.0 Å². The van der Waals surface area contributed by atoms with E-state index in [2.05, 4.69) is 34.2 Å². The van der Waals surface area contributed by atoms with Crippen molar-refractivity contribution in [1.29, 1.82) is 0 Å². The van der Waals surface area contributed by atoms with Gasteiger partial charge in [-0.3, -0.25) is 4.79 Å². The summed E-state index contributed by atoms with van der Waals surface area (Å²) in [5, 5.41) is 2.98. The molecule has 1 aromatic heterocycles. The van der Waals surface area contributed by atoms with Gasteiger partial charge in [0.25, 0.3) is 5.91 Å². The average molecular weight is 339 g/mol. The standard InChI is InChI=1S/C14H15BrN2OS/c1-8-3-6-13(19-8)9(2)17-14(18)10-4-5-12(16)11(15)7-10/h3-7,9H,16H2,1-2H3,(H,17,18). The predicted octanol–water partition coefficient (Wildman–Crippen LogP) is 3.89. The Hall–Kier alpha value is -1.33. The first-order valence-electron chi connectivity index (χ1n) is 5.89. The van der Waals surface area contributed by atoms with Gasteiger partial charge < -0.3 is 11.1 Å². The Morgan fingerprint density at radius 1 is 1.37 bits per heavy atom. The van der Waals surface area contributed by atoms with Gasteiger partial charge in [-0.2, -0.15) is 0 Å². The lowest BCUT2D eigenvalue weighted by atomic mass is 10.1. The summed E-state index contributed by atoms with van der Waals surface area (Å²) < 4.78 is 0.736. The van der Waals surface area contributed by atoms with E-state index in [1.54, 1.807) is 29.5 Å². The molecule has 1 heterocycles. The van der Waals surface area contributed by atoms with Gasteiger partial charge in [0.05, 0.1) is 6.04 Å². The van der Waals surface area contributed by atoms with Gasteiger partial charge >= 0.3 is 0 Å². The molecule has 0 fully saturated rings. The molecule has 0 saturated heterocycles. The lowest BCUT2D eigenvalue weighted by Crippen LogP contribution is -2.26. The number of benzene rings is 1. The summed E-state index contributed by atoms with van der Waals surface area (Å²) in [7, 11) is 0. The number of nitrogen functional groups attached to an aromatic ring is 1. The van der Waals surface area contributed by atoms with Crippen LogP contribution in [0.1, 0.15) is 33.1 Å². The number of thiophene rings is 1. The van der Waals surface area contributed by atoms with Crippen LogP contribution in [0, 0.1) is 6.92 Å². The number of amides is 1. The van der Waals surface area contributed by atoms with Crippen molar-refractivity contribution in [1.82, 2.24) is 5.32 Å². The fourth-order valence-corrected chi connectivity index (χ4v) is 2.96. The van der Waals surface area contributed by atoms with Crippen LogP contribution in [0.2, 0.25) is 0 Å². The van der Waals surface area contributed by atoms with E-state index in [-0.39, 0.29) is 11.9 Å². The van der Waals surface area contributed by atoms with Gasteiger partial charge in [-0.1, -0.05) is 0 Å². The molecule has 0 saturated carbocycles. The molecular weight excluding hydrogens is 324 g/mol. The molecule has 1 atom stereocenters. The minimum Gasteiger partial charge on any atom is -0.398 e. The van der Waals surface area contributed by atoms with Crippen LogP contribution in [0.4, 0.5) is 5.69 Å². The average Bonchev–Trinajstić information content (AvgIpc) is 2.79. The highest BCUT2D eigenvalue weighted by Gasteiger charge is 2.13. The Kier molecular flexibility index (Phi) is 4.27. The molecule has 100 valence electrons. The van der Waals surface area contributed by atoms with Gasteiger partial charge in [0.1, 0.15) is 0 Å². The van der Waals surface area contributed by atoms with E-state index in [4.69, 9.17) is 5.73 Å². The quantitative estimate of drug-likeness (QED) is 0.834. The first kappa shape index (κ1) is 14.1. The van der Waals surface area contributed by atoms with Crippen LogP contribution in [-0.4, -0.2) is 5.91 Å². The number of rotatable bonds is 3. The van der Waals surface area contributed by atoms with Crippen LogP contribution in [0.5, 0.6) is 0 Å². The lowest BCUT2D eigenvalue weighted by molar-refractivity contribution is 0.0940. The van der Waals surface area contributed by atoms with Crippen LogP contribution >= 0.6 is 27.3 Å². The van der Waals surface area contributed by atoms with Crippen molar-refractivity contribution in [3.05, 3.63) is 50.1 Å². The summed E-state index contributed by atoms with van der Waals surface area (Å²) in [5.74, 6) is -0.0979. The van der Waals surface area contributed by atoms with Gasteiger partial charge in [0, 0.05) is 25.5 Å². The van der Waals surface area contributed by atoms with Gasteiger partial charge in [-0.05, 0) is 60.1 Å². The van der Waals surface area contributed by atoms with Crippen LogP contribution in [0.25, 0.3) is 0 Å². The molecule has 0 bridgehead atoms. The molecule has 2 aromatic rings. The minimum absolute atomic E-state index is 0.00234. The molecule has 0 spiro atoms. The number of nitrogens with two attached hydrogens (primary N) is 1. The molecule has 5 heteroatoms. The highest BCUT2D eigenvalue weighted by Crippen LogP contribution is 2.24. The van der Waals surface area contributed by atoms with E-state index in [0.717, 1.165) is 9.35 Å². The number of hydrogen-bond acceptors (Lipinski definition) is 3. The van der Waals surface area contributed by atoms with E-state index in [0.29, 0.717) is 11.3 Å². The summed E-state index contributed by atoms with van der Waals surface area (Å²) >= 11 is 5.02. The van der Waals surface area contributed by atoms with Gasteiger partial charge in [-0.25, -0.2) is 0 Å². The zero-order valence-corrected chi connectivity index (χ0v) is 13.1. The molecule has 0 radical (unpaired) electrons. The number of carbonyl (C=O) groups is 1. The van der Waals surface area contributed by atoms with Crippen LogP contribution in [-0.2, 0) is 0 Å². The smallest absolute Gasteiger partial charge is 0.251 e. The predicted molar refractivity (Wildman–Crippen MR) is 83.5 cm³/mol. The van der Waals surface area contributed by atoms with Crippen LogP contribution in [0.3, 0.4) is 0 Å². The van der Waals surface area contributed by atoms with Crippen molar-refractivity contribution in [3.8, 4) is 0 Å².